The van der Waals surface area contributed by atoms with Crippen LogP contribution >= 0.6 is 0 Å². The van der Waals surface area contributed by atoms with Gasteiger partial charge in [-0.05, 0) is 50.5 Å². The van der Waals surface area contributed by atoms with Crippen molar-refractivity contribution in [3.63, 3.8) is 0 Å². The molecule has 0 aromatic carbocycles. The van der Waals surface area contributed by atoms with Gasteiger partial charge in [0.05, 0.1) is 5.71 Å². The number of carbonyl (C=O) groups excluding carboxylic acids is 1. The van der Waals surface area contributed by atoms with E-state index in [0.29, 0.717) is 30.8 Å². The standard InChI is InChI=1S/C19H27N3O5/c1-2-10-25-11-6-7-13-12-15(23)26-18-16(13)17(24)20-19(21-18)27-22-14-8-4-3-5-9-14/h12,19,21H,2-11H2,1H3,(H,20,24). The zero-order valence-electron chi connectivity index (χ0n) is 15.7. The highest BCUT2D eigenvalue weighted by Gasteiger charge is 2.30. The van der Waals surface area contributed by atoms with Gasteiger partial charge in [0, 0.05) is 19.3 Å². The van der Waals surface area contributed by atoms with E-state index in [1.54, 1.807) is 0 Å². The molecule has 8 nitrogen and oxygen atoms in total. The van der Waals surface area contributed by atoms with Crippen LogP contribution in [0.5, 0.6) is 0 Å². The van der Waals surface area contributed by atoms with Crippen molar-refractivity contribution in [2.24, 2.45) is 5.16 Å². The lowest BCUT2D eigenvalue weighted by molar-refractivity contribution is 0.0413. The largest absolute Gasteiger partial charge is 0.406 e. The number of hydrogen-bond acceptors (Lipinski definition) is 7. The van der Waals surface area contributed by atoms with E-state index in [-0.39, 0.29) is 11.8 Å². The predicted molar refractivity (Wildman–Crippen MR) is 101 cm³/mol. The molecule has 1 aliphatic heterocycles. The van der Waals surface area contributed by atoms with E-state index in [4.69, 9.17) is 14.0 Å². The predicted octanol–water partition coefficient (Wildman–Crippen LogP) is 2.77. The molecule has 0 spiro atoms. The average molecular weight is 377 g/mol. The number of nitrogens with one attached hydrogen (secondary N) is 2. The highest BCUT2D eigenvalue weighted by Crippen LogP contribution is 2.24. The van der Waals surface area contributed by atoms with Gasteiger partial charge in [-0.2, -0.15) is 0 Å². The Kier molecular flexibility index (Phi) is 6.86. The molecule has 0 saturated heterocycles. The van der Waals surface area contributed by atoms with Crippen LogP contribution in [-0.4, -0.2) is 31.2 Å². The first-order chi connectivity index (χ1) is 13.2. The molecule has 1 aromatic rings. The van der Waals surface area contributed by atoms with Crippen molar-refractivity contribution < 1.29 is 18.8 Å². The zero-order valence-corrected chi connectivity index (χ0v) is 15.7. The summed E-state index contributed by atoms with van der Waals surface area (Å²) in [7, 11) is 0. The van der Waals surface area contributed by atoms with E-state index >= 15 is 0 Å². The molecule has 1 amide bonds. The fourth-order valence-corrected chi connectivity index (χ4v) is 3.28. The number of aryl methyl sites for hydroxylation is 1. The van der Waals surface area contributed by atoms with E-state index in [2.05, 4.69) is 15.8 Å². The molecule has 8 heteroatoms. The van der Waals surface area contributed by atoms with Crippen molar-refractivity contribution in [1.29, 1.82) is 0 Å². The number of ether oxygens (including phenoxy) is 1. The van der Waals surface area contributed by atoms with E-state index in [1.807, 2.05) is 6.92 Å². The average Bonchev–Trinajstić information content (AvgIpc) is 2.66. The minimum absolute atomic E-state index is 0.129. The highest BCUT2D eigenvalue weighted by atomic mass is 16.7. The number of hydrogen-bond donors (Lipinski definition) is 2. The summed E-state index contributed by atoms with van der Waals surface area (Å²) in [6.45, 7) is 3.34. The van der Waals surface area contributed by atoms with Crippen LogP contribution in [0, 0.1) is 0 Å². The van der Waals surface area contributed by atoms with Crippen molar-refractivity contribution >= 4 is 17.5 Å². The Bertz CT molecular complexity index is 735. The van der Waals surface area contributed by atoms with Crippen LogP contribution in [0.3, 0.4) is 0 Å². The maximum Gasteiger partial charge on any atom is 0.337 e. The van der Waals surface area contributed by atoms with Gasteiger partial charge < -0.3 is 19.3 Å². The van der Waals surface area contributed by atoms with Gasteiger partial charge in [0.25, 0.3) is 12.3 Å². The minimum atomic E-state index is -0.856. The second-order valence-corrected chi connectivity index (χ2v) is 6.83. The summed E-state index contributed by atoms with van der Waals surface area (Å²) >= 11 is 0. The lowest BCUT2D eigenvalue weighted by Crippen LogP contribution is -2.47. The molecular formula is C19H27N3O5. The van der Waals surface area contributed by atoms with Crippen molar-refractivity contribution in [1.82, 2.24) is 5.32 Å². The van der Waals surface area contributed by atoms with Gasteiger partial charge in [-0.1, -0.05) is 18.5 Å². The topological polar surface area (TPSA) is 102 Å². The molecule has 1 unspecified atom stereocenters. The molecule has 1 aromatic heterocycles. The molecule has 1 fully saturated rings. The molecule has 27 heavy (non-hydrogen) atoms. The first kappa shape index (κ1) is 19.4. The highest BCUT2D eigenvalue weighted by molar-refractivity contribution is 6.01. The first-order valence-electron chi connectivity index (χ1n) is 9.71. The number of oxime groups is 1. The molecule has 0 bridgehead atoms. The lowest BCUT2D eigenvalue weighted by Gasteiger charge is -2.26. The van der Waals surface area contributed by atoms with Gasteiger partial charge in [-0.15, -0.1) is 0 Å². The van der Waals surface area contributed by atoms with Gasteiger partial charge in [-0.25, -0.2) is 4.79 Å². The number of fused-ring (bicyclic) bond motifs is 1. The van der Waals surface area contributed by atoms with Gasteiger partial charge in [-0.3, -0.25) is 10.1 Å². The third-order valence-electron chi connectivity index (χ3n) is 4.60. The normalized spacial score (nSPS) is 19.1. The van der Waals surface area contributed by atoms with Crippen molar-refractivity contribution in [2.45, 2.75) is 64.6 Å². The number of amides is 1. The van der Waals surface area contributed by atoms with Crippen molar-refractivity contribution in [2.75, 3.05) is 18.5 Å². The van der Waals surface area contributed by atoms with Gasteiger partial charge in [0.2, 0.25) is 5.88 Å². The minimum Gasteiger partial charge on any atom is -0.406 e. The molecule has 3 rings (SSSR count). The van der Waals surface area contributed by atoms with E-state index in [9.17, 15) is 9.59 Å². The Balaban J connectivity index is 1.66. The fourth-order valence-electron chi connectivity index (χ4n) is 3.28. The zero-order chi connectivity index (χ0) is 19.1. The summed E-state index contributed by atoms with van der Waals surface area (Å²) in [5, 5.41) is 9.75. The molecule has 2 aliphatic rings. The maximum atomic E-state index is 12.5. The Morgan fingerprint density at radius 1 is 1.19 bits per heavy atom. The van der Waals surface area contributed by atoms with E-state index < -0.39 is 12.0 Å². The van der Waals surface area contributed by atoms with Crippen molar-refractivity contribution in [3.05, 3.63) is 27.6 Å². The van der Waals surface area contributed by atoms with Crippen molar-refractivity contribution in [3.8, 4) is 0 Å². The molecule has 2 N–H and O–H groups in total. The Hall–Kier alpha value is -2.35. The van der Waals surface area contributed by atoms with E-state index in [0.717, 1.165) is 44.2 Å². The summed E-state index contributed by atoms with van der Waals surface area (Å²) in [5.41, 5.74) is 1.47. The SMILES string of the molecule is CCCOCCCc1cc(=O)oc2c1C(=O)NC(ON=C1CCCCC1)N2. The molecular weight excluding hydrogens is 350 g/mol. The summed E-state index contributed by atoms with van der Waals surface area (Å²) in [6, 6.07) is 1.36. The third kappa shape index (κ3) is 5.32. The second kappa shape index (κ2) is 9.55. The van der Waals surface area contributed by atoms with Gasteiger partial charge in [0.15, 0.2) is 0 Å². The van der Waals surface area contributed by atoms with E-state index in [1.165, 1.54) is 12.5 Å². The summed E-state index contributed by atoms with van der Waals surface area (Å²) < 4.78 is 10.7. The van der Waals surface area contributed by atoms with Crippen LogP contribution in [0.25, 0.3) is 0 Å². The molecule has 1 atom stereocenters. The Labute approximate surface area is 158 Å². The molecule has 0 radical (unpaired) electrons. The smallest absolute Gasteiger partial charge is 0.337 e. The van der Waals surface area contributed by atoms with Gasteiger partial charge in [0.1, 0.15) is 5.56 Å². The number of rotatable bonds is 8. The summed E-state index contributed by atoms with van der Waals surface area (Å²) in [4.78, 5) is 29.8. The Morgan fingerprint density at radius 2 is 2.00 bits per heavy atom. The van der Waals surface area contributed by atoms with Crippen LogP contribution in [-0.2, 0) is 16.0 Å². The fraction of sp³-hybridized carbons (Fsp3) is 0.632. The summed E-state index contributed by atoms with van der Waals surface area (Å²) in [6.07, 6.45) is 6.63. The molecule has 148 valence electrons. The monoisotopic (exact) mass is 377 g/mol. The molecule has 1 aliphatic carbocycles. The number of anilines is 1. The molecule has 2 heterocycles. The van der Waals surface area contributed by atoms with Crippen LogP contribution in [0.15, 0.2) is 20.4 Å². The van der Waals surface area contributed by atoms with Crippen LogP contribution in [0.4, 0.5) is 5.88 Å². The van der Waals surface area contributed by atoms with Crippen LogP contribution in [0.2, 0.25) is 0 Å². The first-order valence-corrected chi connectivity index (χ1v) is 9.71. The van der Waals surface area contributed by atoms with Crippen LogP contribution < -0.4 is 16.3 Å². The van der Waals surface area contributed by atoms with Crippen LogP contribution in [0.1, 0.15) is 67.8 Å². The second-order valence-electron chi connectivity index (χ2n) is 6.83. The summed E-state index contributed by atoms with van der Waals surface area (Å²) in [5.74, 6) is -0.213. The number of nitrogens with zero attached hydrogens (tertiary/aromatic N) is 1. The number of carbonyl (C=O) groups is 1. The van der Waals surface area contributed by atoms with Gasteiger partial charge >= 0.3 is 5.63 Å². The quantitative estimate of drug-likeness (QED) is 0.533. The maximum absolute atomic E-state index is 12.5. The third-order valence-corrected chi connectivity index (χ3v) is 4.60. The Morgan fingerprint density at radius 3 is 2.78 bits per heavy atom. The lowest BCUT2D eigenvalue weighted by atomic mass is 9.99. The molecule has 1 saturated carbocycles.